The number of amides is 2. The first-order valence-corrected chi connectivity index (χ1v) is 4.92. The van der Waals surface area contributed by atoms with Crippen LogP contribution in [0.1, 0.15) is 13.8 Å². The highest BCUT2D eigenvalue weighted by atomic mass is 16.7. The van der Waals surface area contributed by atoms with Crippen molar-refractivity contribution < 1.29 is 24.3 Å². The predicted molar refractivity (Wildman–Crippen MR) is 55.8 cm³/mol. The molecule has 0 spiro atoms. The molecule has 0 aromatic carbocycles. The third-order valence-corrected chi connectivity index (χ3v) is 1.90. The zero-order valence-corrected chi connectivity index (χ0v) is 9.73. The number of aliphatic carboxylic acids is 1. The molecule has 2 N–H and O–H groups in total. The summed E-state index contributed by atoms with van der Waals surface area (Å²) in [6, 6.07) is -0.586. The molecular formula is C9H18N2O5. The Labute approximate surface area is 94.3 Å². The summed E-state index contributed by atoms with van der Waals surface area (Å²) in [5.74, 6) is -1.15. The highest BCUT2D eigenvalue weighted by molar-refractivity contribution is 5.74. The molecule has 7 nitrogen and oxygen atoms in total. The molecule has 94 valence electrons. The van der Waals surface area contributed by atoms with Gasteiger partial charge in [0.2, 0.25) is 0 Å². The first-order valence-electron chi connectivity index (χ1n) is 4.92. The molecule has 0 saturated heterocycles. The van der Waals surface area contributed by atoms with Gasteiger partial charge in [-0.25, -0.2) is 15.1 Å². The topological polar surface area (TPSA) is 88.1 Å². The van der Waals surface area contributed by atoms with Crippen LogP contribution in [-0.2, 0) is 14.4 Å². The number of nitrogens with zero attached hydrogens (tertiary/aromatic N) is 1. The number of nitrogens with one attached hydrogen (secondary N) is 1. The molecule has 0 radical (unpaired) electrons. The molecule has 0 aliphatic carbocycles. The molecular weight excluding hydrogens is 216 g/mol. The van der Waals surface area contributed by atoms with Gasteiger partial charge < -0.3 is 14.7 Å². The first-order chi connectivity index (χ1) is 7.52. The second kappa shape index (κ2) is 7.89. The van der Waals surface area contributed by atoms with E-state index in [1.54, 1.807) is 7.11 Å². The average molecular weight is 234 g/mol. The van der Waals surface area contributed by atoms with E-state index >= 15 is 0 Å². The Bertz CT molecular complexity index is 234. The van der Waals surface area contributed by atoms with Gasteiger partial charge in [-0.1, -0.05) is 0 Å². The van der Waals surface area contributed by atoms with E-state index < -0.39 is 18.6 Å². The van der Waals surface area contributed by atoms with Crippen LogP contribution in [-0.4, -0.2) is 54.9 Å². The van der Waals surface area contributed by atoms with Gasteiger partial charge in [0, 0.05) is 13.7 Å². The molecule has 0 aliphatic rings. The van der Waals surface area contributed by atoms with Crippen molar-refractivity contribution >= 4 is 12.0 Å². The summed E-state index contributed by atoms with van der Waals surface area (Å²) in [4.78, 5) is 27.6. The molecule has 0 bridgehead atoms. The summed E-state index contributed by atoms with van der Waals surface area (Å²) < 4.78 is 4.92. The van der Waals surface area contributed by atoms with Gasteiger partial charge in [0.1, 0.15) is 0 Å². The van der Waals surface area contributed by atoms with Crippen LogP contribution < -0.4 is 5.48 Å². The molecule has 0 saturated carbocycles. The number of ether oxygens (including phenoxy) is 1. The molecule has 1 unspecified atom stereocenters. The molecule has 0 aromatic rings. The van der Waals surface area contributed by atoms with Crippen molar-refractivity contribution in [1.82, 2.24) is 10.4 Å². The van der Waals surface area contributed by atoms with Gasteiger partial charge in [0.15, 0.2) is 6.61 Å². The molecule has 0 fully saturated rings. The smallest absolute Gasteiger partial charge is 0.341 e. The van der Waals surface area contributed by atoms with Crippen molar-refractivity contribution in [1.29, 1.82) is 0 Å². The molecule has 0 aromatic heterocycles. The quantitative estimate of drug-likeness (QED) is 0.608. The third kappa shape index (κ3) is 5.52. The fourth-order valence-electron chi connectivity index (χ4n) is 1.20. The number of carboxylic acids is 1. The third-order valence-electron chi connectivity index (χ3n) is 1.90. The van der Waals surface area contributed by atoms with Crippen molar-refractivity contribution in [2.75, 3.05) is 26.9 Å². The van der Waals surface area contributed by atoms with Gasteiger partial charge in [0.05, 0.1) is 12.6 Å². The second-order valence-corrected chi connectivity index (χ2v) is 3.18. The Morgan fingerprint density at radius 2 is 2.12 bits per heavy atom. The van der Waals surface area contributed by atoms with Crippen LogP contribution in [0.15, 0.2) is 0 Å². The lowest BCUT2D eigenvalue weighted by Crippen LogP contribution is -2.46. The number of urea groups is 1. The summed E-state index contributed by atoms with van der Waals surface area (Å²) >= 11 is 0. The van der Waals surface area contributed by atoms with Crippen molar-refractivity contribution in [2.24, 2.45) is 0 Å². The fourth-order valence-corrected chi connectivity index (χ4v) is 1.20. The van der Waals surface area contributed by atoms with Crippen molar-refractivity contribution in [3.8, 4) is 0 Å². The maximum absolute atomic E-state index is 11.5. The highest BCUT2D eigenvalue weighted by Gasteiger charge is 2.18. The summed E-state index contributed by atoms with van der Waals surface area (Å²) in [6.07, 6.45) is 0. The molecule has 1 atom stereocenters. The van der Waals surface area contributed by atoms with Gasteiger partial charge in [0.25, 0.3) is 0 Å². The van der Waals surface area contributed by atoms with Crippen LogP contribution in [0.4, 0.5) is 4.79 Å². The van der Waals surface area contributed by atoms with E-state index in [4.69, 9.17) is 9.84 Å². The monoisotopic (exact) mass is 234 g/mol. The van der Waals surface area contributed by atoms with E-state index in [1.165, 1.54) is 4.90 Å². The molecule has 0 rings (SSSR count). The number of carbonyl (C=O) groups excluding carboxylic acids is 1. The number of carboxylic acid groups (broad SMARTS) is 1. The zero-order chi connectivity index (χ0) is 12.6. The van der Waals surface area contributed by atoms with Crippen LogP contribution in [0, 0.1) is 0 Å². The minimum atomic E-state index is -1.15. The number of hydrogen-bond donors (Lipinski definition) is 2. The Morgan fingerprint density at radius 3 is 2.56 bits per heavy atom. The number of carbonyl (C=O) groups is 2. The number of rotatable bonds is 7. The number of hydroxylamine groups is 1. The van der Waals surface area contributed by atoms with Crippen molar-refractivity contribution in [2.45, 2.75) is 19.9 Å². The van der Waals surface area contributed by atoms with E-state index in [0.29, 0.717) is 13.2 Å². The summed E-state index contributed by atoms with van der Waals surface area (Å²) in [5.41, 5.74) is 2.05. The van der Waals surface area contributed by atoms with Crippen LogP contribution in [0.3, 0.4) is 0 Å². The number of likely N-dealkylation sites (N-methyl/N-ethyl adjacent to an activating group) is 1. The molecule has 2 amide bonds. The maximum atomic E-state index is 11.5. The van der Waals surface area contributed by atoms with Gasteiger partial charge in [-0.2, -0.15) is 0 Å². The Kier molecular flexibility index (Phi) is 7.23. The average Bonchev–Trinajstić information content (AvgIpc) is 2.18. The van der Waals surface area contributed by atoms with Gasteiger partial charge >= 0.3 is 12.0 Å². The minimum Gasteiger partial charge on any atom is -0.479 e. The standard InChI is InChI=1S/C9H18N2O5/c1-4-11(7(2)5-15-3)9(14)10-16-6-8(12)13/h7H,4-6H2,1-3H3,(H,10,14)(H,12,13). The lowest BCUT2D eigenvalue weighted by molar-refractivity contribution is -0.144. The maximum Gasteiger partial charge on any atom is 0.341 e. The number of hydrogen-bond acceptors (Lipinski definition) is 4. The molecule has 0 heterocycles. The van der Waals surface area contributed by atoms with E-state index in [9.17, 15) is 9.59 Å². The van der Waals surface area contributed by atoms with E-state index in [0.717, 1.165) is 0 Å². The summed E-state index contributed by atoms with van der Waals surface area (Å²) in [6.45, 7) is 3.95. The molecule has 7 heteroatoms. The zero-order valence-electron chi connectivity index (χ0n) is 9.73. The summed E-state index contributed by atoms with van der Waals surface area (Å²) in [5, 5.41) is 8.31. The second-order valence-electron chi connectivity index (χ2n) is 3.18. The van der Waals surface area contributed by atoms with Crippen LogP contribution in [0.5, 0.6) is 0 Å². The lowest BCUT2D eigenvalue weighted by atomic mass is 10.3. The van der Waals surface area contributed by atoms with Gasteiger partial charge in [-0.3, -0.25) is 4.84 Å². The Hall–Kier alpha value is -1.34. The van der Waals surface area contributed by atoms with Crippen LogP contribution in [0.25, 0.3) is 0 Å². The first kappa shape index (κ1) is 14.7. The minimum absolute atomic E-state index is 0.108. The summed E-state index contributed by atoms with van der Waals surface area (Å²) in [7, 11) is 1.54. The number of methoxy groups -OCH3 is 1. The van der Waals surface area contributed by atoms with Crippen molar-refractivity contribution in [3.63, 3.8) is 0 Å². The fraction of sp³-hybridized carbons (Fsp3) is 0.778. The van der Waals surface area contributed by atoms with Gasteiger partial charge in [-0.15, -0.1) is 0 Å². The van der Waals surface area contributed by atoms with Crippen LogP contribution >= 0.6 is 0 Å². The van der Waals surface area contributed by atoms with Crippen LogP contribution in [0.2, 0.25) is 0 Å². The largest absolute Gasteiger partial charge is 0.479 e. The normalized spacial score (nSPS) is 11.9. The molecule has 16 heavy (non-hydrogen) atoms. The Morgan fingerprint density at radius 1 is 1.50 bits per heavy atom. The van der Waals surface area contributed by atoms with E-state index in [2.05, 4.69) is 10.3 Å². The lowest BCUT2D eigenvalue weighted by Gasteiger charge is -2.27. The van der Waals surface area contributed by atoms with Gasteiger partial charge in [-0.05, 0) is 13.8 Å². The van der Waals surface area contributed by atoms with E-state index in [1.807, 2.05) is 13.8 Å². The predicted octanol–water partition coefficient (Wildman–Crippen LogP) is 0.0690. The van der Waals surface area contributed by atoms with E-state index in [-0.39, 0.29) is 6.04 Å². The SMILES string of the molecule is CCN(C(=O)NOCC(=O)O)C(C)COC. The Balaban J connectivity index is 4.05. The molecule has 0 aliphatic heterocycles. The highest BCUT2D eigenvalue weighted by Crippen LogP contribution is 1.99. The van der Waals surface area contributed by atoms with Crippen molar-refractivity contribution in [3.05, 3.63) is 0 Å².